The summed E-state index contributed by atoms with van der Waals surface area (Å²) in [6, 6.07) is 0.725. The summed E-state index contributed by atoms with van der Waals surface area (Å²) < 4.78 is 5.96. The van der Waals surface area contributed by atoms with Gasteiger partial charge in [-0.1, -0.05) is 5.92 Å². The maximum Gasteiger partial charge on any atom is 0.0795 e. The summed E-state index contributed by atoms with van der Waals surface area (Å²) in [5.74, 6) is 5.14. The molecule has 0 amide bonds. The van der Waals surface area contributed by atoms with E-state index < -0.39 is 0 Å². The molecule has 2 aliphatic rings. The third-order valence-electron chi connectivity index (χ3n) is 3.30. The van der Waals surface area contributed by atoms with Gasteiger partial charge in [0.25, 0.3) is 0 Å². The van der Waals surface area contributed by atoms with E-state index in [4.69, 9.17) is 11.2 Å². The van der Waals surface area contributed by atoms with Crippen molar-refractivity contribution in [2.75, 3.05) is 18.1 Å². The molecule has 3 atom stereocenters. The molecule has 0 radical (unpaired) electrons. The Bertz CT molecular complexity index is 255. The van der Waals surface area contributed by atoms with Crippen LogP contribution < -0.4 is 5.32 Å². The molecule has 2 rings (SSSR count). The van der Waals surface area contributed by atoms with Crippen molar-refractivity contribution in [3.63, 3.8) is 0 Å². The van der Waals surface area contributed by atoms with Crippen LogP contribution in [-0.2, 0) is 4.74 Å². The maximum absolute atomic E-state index is 5.96. The van der Waals surface area contributed by atoms with Crippen LogP contribution in [0.25, 0.3) is 0 Å². The molecule has 0 aromatic carbocycles. The molecule has 15 heavy (non-hydrogen) atoms. The molecule has 2 aliphatic heterocycles. The van der Waals surface area contributed by atoms with Gasteiger partial charge in [-0.05, 0) is 31.9 Å². The van der Waals surface area contributed by atoms with Crippen LogP contribution >= 0.6 is 11.8 Å². The third-order valence-corrected chi connectivity index (χ3v) is 4.52. The first-order chi connectivity index (χ1) is 7.24. The average Bonchev–Trinajstić information content (AvgIpc) is 2.66. The summed E-state index contributed by atoms with van der Waals surface area (Å²) >= 11 is 2.01. The lowest BCUT2D eigenvalue weighted by Crippen LogP contribution is -2.49. The Balaban J connectivity index is 1.90. The Morgan fingerprint density at radius 2 is 2.53 bits per heavy atom. The second kappa shape index (κ2) is 4.78. The molecule has 2 fully saturated rings. The van der Waals surface area contributed by atoms with Gasteiger partial charge in [0.05, 0.1) is 11.6 Å². The molecule has 3 heteroatoms. The zero-order valence-electron chi connectivity index (χ0n) is 9.29. The van der Waals surface area contributed by atoms with Crippen molar-refractivity contribution in [3.8, 4) is 12.3 Å². The predicted octanol–water partition coefficient (Wildman–Crippen LogP) is 1.65. The van der Waals surface area contributed by atoms with Gasteiger partial charge in [-0.15, -0.1) is 6.42 Å². The molecular weight excluding hydrogens is 206 g/mol. The zero-order chi connectivity index (χ0) is 10.7. The molecule has 0 aromatic rings. The average molecular weight is 225 g/mol. The highest BCUT2D eigenvalue weighted by Gasteiger charge is 2.40. The van der Waals surface area contributed by atoms with Gasteiger partial charge in [0, 0.05) is 18.4 Å². The first kappa shape index (κ1) is 11.3. The minimum atomic E-state index is 0.162. The van der Waals surface area contributed by atoms with Crippen molar-refractivity contribution >= 4 is 11.8 Å². The largest absolute Gasteiger partial charge is 0.374 e. The van der Waals surface area contributed by atoms with Crippen LogP contribution in [0.1, 0.15) is 26.2 Å². The molecule has 2 heterocycles. The summed E-state index contributed by atoms with van der Waals surface area (Å²) in [6.07, 6.45) is 8.82. The Kier molecular flexibility index (Phi) is 3.60. The third kappa shape index (κ3) is 2.69. The van der Waals surface area contributed by atoms with E-state index in [0.717, 1.165) is 25.2 Å². The molecule has 1 N–H and O–H groups in total. The van der Waals surface area contributed by atoms with Crippen molar-refractivity contribution < 1.29 is 4.74 Å². The molecule has 0 saturated carbocycles. The number of hydrogen-bond donors (Lipinski definition) is 1. The molecule has 1 spiro atoms. The predicted molar refractivity (Wildman–Crippen MR) is 65.1 cm³/mol. The van der Waals surface area contributed by atoms with E-state index in [1.807, 2.05) is 18.7 Å². The van der Waals surface area contributed by atoms with Gasteiger partial charge in [0.1, 0.15) is 0 Å². The van der Waals surface area contributed by atoms with Gasteiger partial charge in [0.15, 0.2) is 0 Å². The monoisotopic (exact) mass is 225 g/mol. The lowest BCUT2D eigenvalue weighted by atomic mass is 9.89. The normalized spacial score (nSPS) is 37.7. The van der Waals surface area contributed by atoms with Crippen molar-refractivity contribution in [3.05, 3.63) is 0 Å². The van der Waals surface area contributed by atoms with Crippen LogP contribution in [0.4, 0.5) is 0 Å². The van der Waals surface area contributed by atoms with Gasteiger partial charge in [-0.3, -0.25) is 0 Å². The van der Waals surface area contributed by atoms with Gasteiger partial charge in [-0.25, -0.2) is 0 Å². The van der Waals surface area contributed by atoms with Crippen LogP contribution in [0.3, 0.4) is 0 Å². The van der Waals surface area contributed by atoms with E-state index in [1.165, 1.54) is 12.2 Å². The summed E-state index contributed by atoms with van der Waals surface area (Å²) in [5, 5.41) is 3.49. The van der Waals surface area contributed by atoms with Crippen LogP contribution in [0.2, 0.25) is 0 Å². The molecule has 3 unspecified atom stereocenters. The SMILES string of the molecule is C#CC(C)NC1CCOC2(CCSC2)C1. The molecule has 0 bridgehead atoms. The first-order valence-electron chi connectivity index (χ1n) is 5.68. The van der Waals surface area contributed by atoms with Crippen molar-refractivity contribution in [2.45, 2.75) is 43.9 Å². The topological polar surface area (TPSA) is 21.3 Å². The Labute approximate surface area is 96.5 Å². The minimum absolute atomic E-state index is 0.162. The number of terminal acetylenes is 1. The highest BCUT2D eigenvalue weighted by molar-refractivity contribution is 7.99. The molecule has 2 nitrogen and oxygen atoms in total. The van der Waals surface area contributed by atoms with Crippen LogP contribution in [-0.4, -0.2) is 35.8 Å². The van der Waals surface area contributed by atoms with E-state index in [1.54, 1.807) is 0 Å². The minimum Gasteiger partial charge on any atom is -0.374 e. The number of nitrogens with one attached hydrogen (secondary N) is 1. The number of rotatable bonds is 2. The van der Waals surface area contributed by atoms with Crippen LogP contribution in [0.15, 0.2) is 0 Å². The molecule has 0 aromatic heterocycles. The summed E-state index contributed by atoms with van der Waals surface area (Å²) in [6.45, 7) is 2.93. The van der Waals surface area contributed by atoms with E-state index in [9.17, 15) is 0 Å². The van der Waals surface area contributed by atoms with Crippen molar-refractivity contribution in [1.29, 1.82) is 0 Å². The number of ether oxygens (including phenoxy) is 1. The van der Waals surface area contributed by atoms with Gasteiger partial charge < -0.3 is 10.1 Å². The van der Waals surface area contributed by atoms with Crippen molar-refractivity contribution in [1.82, 2.24) is 5.32 Å². The summed E-state index contributed by atoms with van der Waals surface area (Å²) in [5.41, 5.74) is 0.162. The lowest BCUT2D eigenvalue weighted by molar-refractivity contribution is -0.0705. The number of hydrogen-bond acceptors (Lipinski definition) is 3. The van der Waals surface area contributed by atoms with Gasteiger partial charge >= 0.3 is 0 Å². The standard InChI is InChI=1S/C12H19NOS/c1-3-10(2)13-11-4-6-14-12(8-11)5-7-15-9-12/h1,10-11,13H,4-9H2,2H3. The fourth-order valence-electron chi connectivity index (χ4n) is 2.43. The van der Waals surface area contributed by atoms with Gasteiger partial charge in [-0.2, -0.15) is 11.8 Å². The zero-order valence-corrected chi connectivity index (χ0v) is 10.1. The quantitative estimate of drug-likeness (QED) is 0.722. The summed E-state index contributed by atoms with van der Waals surface area (Å²) in [7, 11) is 0. The lowest BCUT2D eigenvalue weighted by Gasteiger charge is -2.38. The van der Waals surface area contributed by atoms with E-state index in [0.29, 0.717) is 6.04 Å². The molecule has 0 aliphatic carbocycles. The van der Waals surface area contributed by atoms with Crippen LogP contribution in [0, 0.1) is 12.3 Å². The first-order valence-corrected chi connectivity index (χ1v) is 6.83. The van der Waals surface area contributed by atoms with E-state index >= 15 is 0 Å². The van der Waals surface area contributed by atoms with Gasteiger partial charge in [0.2, 0.25) is 0 Å². The fraction of sp³-hybridized carbons (Fsp3) is 0.833. The molecule has 2 saturated heterocycles. The highest BCUT2D eigenvalue weighted by Crippen LogP contribution is 2.38. The maximum atomic E-state index is 5.96. The fourth-order valence-corrected chi connectivity index (χ4v) is 3.81. The Morgan fingerprint density at radius 3 is 3.20 bits per heavy atom. The highest BCUT2D eigenvalue weighted by atomic mass is 32.2. The second-order valence-corrected chi connectivity index (χ2v) is 5.68. The Hall–Kier alpha value is -0.170. The Morgan fingerprint density at radius 1 is 1.67 bits per heavy atom. The molecular formula is C12H19NOS. The van der Waals surface area contributed by atoms with Crippen molar-refractivity contribution in [2.24, 2.45) is 0 Å². The van der Waals surface area contributed by atoms with E-state index in [2.05, 4.69) is 11.2 Å². The smallest absolute Gasteiger partial charge is 0.0795 e. The molecule has 84 valence electrons. The van der Waals surface area contributed by atoms with Crippen LogP contribution in [0.5, 0.6) is 0 Å². The van der Waals surface area contributed by atoms with E-state index in [-0.39, 0.29) is 11.6 Å². The second-order valence-electron chi connectivity index (χ2n) is 4.58. The summed E-state index contributed by atoms with van der Waals surface area (Å²) in [4.78, 5) is 0. The number of thioether (sulfide) groups is 1.